The predicted molar refractivity (Wildman–Crippen MR) is 52.4 cm³/mol. The molecule has 0 aromatic carbocycles. The minimum Gasteiger partial charge on any atom is -0.311 e. The quantitative estimate of drug-likeness (QED) is 0.719. The van der Waals surface area contributed by atoms with Crippen molar-refractivity contribution in [3.63, 3.8) is 0 Å². The van der Waals surface area contributed by atoms with Crippen molar-refractivity contribution < 1.29 is 8.42 Å². The molecule has 2 saturated heterocycles. The van der Waals surface area contributed by atoms with Crippen LogP contribution in [0, 0.1) is 0 Å². The van der Waals surface area contributed by atoms with Crippen LogP contribution in [0.4, 0.5) is 0 Å². The Labute approximate surface area is 79.8 Å². The fourth-order valence-corrected chi connectivity index (χ4v) is 4.06. The van der Waals surface area contributed by atoms with Crippen molar-refractivity contribution in [2.24, 2.45) is 0 Å². The summed E-state index contributed by atoms with van der Waals surface area (Å²) in [6.07, 6.45) is 4.01. The summed E-state index contributed by atoms with van der Waals surface area (Å²) in [5.74, 6) is 0.303. The highest BCUT2D eigenvalue weighted by molar-refractivity contribution is 7.92. The topological polar surface area (TPSA) is 46.2 Å². The van der Waals surface area contributed by atoms with Crippen LogP contribution in [0.5, 0.6) is 0 Å². The molecule has 76 valence electrons. The van der Waals surface area contributed by atoms with Crippen LogP contribution in [0.3, 0.4) is 0 Å². The number of hydrogen-bond acceptors (Lipinski definition) is 3. The zero-order valence-corrected chi connectivity index (χ0v) is 8.81. The summed E-state index contributed by atoms with van der Waals surface area (Å²) in [5.41, 5.74) is 0. The van der Waals surface area contributed by atoms with E-state index in [9.17, 15) is 8.42 Å². The largest absolute Gasteiger partial charge is 0.311 e. The minimum atomic E-state index is -2.79. The average Bonchev–Trinajstić information content (AvgIpc) is 2.45. The van der Waals surface area contributed by atoms with Crippen LogP contribution >= 0.6 is 0 Å². The number of piperidine rings is 1. The molecule has 13 heavy (non-hydrogen) atoms. The maximum atomic E-state index is 11.6. The molecule has 0 spiro atoms. The summed E-state index contributed by atoms with van der Waals surface area (Å²) < 4.78 is 23.3. The van der Waals surface area contributed by atoms with Crippen LogP contribution in [0.2, 0.25) is 0 Å². The van der Waals surface area contributed by atoms with Gasteiger partial charge in [-0.1, -0.05) is 6.92 Å². The van der Waals surface area contributed by atoms with Crippen molar-refractivity contribution in [1.29, 1.82) is 0 Å². The summed E-state index contributed by atoms with van der Waals surface area (Å²) in [6, 6.07) is 0.954. The summed E-state index contributed by atoms with van der Waals surface area (Å²) in [6.45, 7) is 1.75. The molecule has 0 aromatic heterocycles. The van der Waals surface area contributed by atoms with Crippen molar-refractivity contribution in [2.75, 3.05) is 5.75 Å². The molecule has 2 fully saturated rings. The van der Waals surface area contributed by atoms with E-state index in [4.69, 9.17) is 0 Å². The van der Waals surface area contributed by atoms with Gasteiger partial charge >= 0.3 is 0 Å². The zero-order chi connectivity index (χ0) is 9.47. The molecule has 0 saturated carbocycles. The molecule has 2 heterocycles. The first-order valence-electron chi connectivity index (χ1n) is 5.09. The SMILES string of the molecule is CCS(=O)(=O)C1C[C@@H]2CC[C@@H](C1)N2. The van der Waals surface area contributed by atoms with E-state index >= 15 is 0 Å². The third kappa shape index (κ3) is 1.74. The first-order valence-corrected chi connectivity index (χ1v) is 6.81. The van der Waals surface area contributed by atoms with Crippen molar-refractivity contribution in [3.8, 4) is 0 Å². The Bertz CT molecular complexity index is 274. The lowest BCUT2D eigenvalue weighted by atomic mass is 10.1. The lowest BCUT2D eigenvalue weighted by molar-refractivity contribution is 0.401. The smallest absolute Gasteiger partial charge is 0.153 e. The van der Waals surface area contributed by atoms with Gasteiger partial charge in [-0.15, -0.1) is 0 Å². The Hall–Kier alpha value is -0.0900. The molecule has 0 amide bonds. The van der Waals surface area contributed by atoms with Gasteiger partial charge in [0.05, 0.1) is 5.25 Å². The molecular formula is C9H17NO2S. The van der Waals surface area contributed by atoms with Crippen LogP contribution in [0.15, 0.2) is 0 Å². The number of sulfone groups is 1. The number of hydrogen-bond donors (Lipinski definition) is 1. The highest BCUT2D eigenvalue weighted by Crippen LogP contribution is 2.30. The van der Waals surface area contributed by atoms with Gasteiger partial charge in [-0.05, 0) is 25.7 Å². The molecule has 3 nitrogen and oxygen atoms in total. The van der Waals surface area contributed by atoms with Gasteiger partial charge in [-0.2, -0.15) is 0 Å². The van der Waals surface area contributed by atoms with Gasteiger partial charge in [-0.3, -0.25) is 0 Å². The second-order valence-corrected chi connectivity index (χ2v) is 6.75. The van der Waals surface area contributed by atoms with Gasteiger partial charge in [0.15, 0.2) is 9.84 Å². The monoisotopic (exact) mass is 203 g/mol. The Morgan fingerprint density at radius 2 is 1.77 bits per heavy atom. The highest BCUT2D eigenvalue weighted by atomic mass is 32.2. The van der Waals surface area contributed by atoms with E-state index in [0.29, 0.717) is 17.8 Å². The summed E-state index contributed by atoms with van der Waals surface area (Å²) in [7, 11) is -2.79. The normalized spacial score (nSPS) is 39.3. The molecule has 0 radical (unpaired) electrons. The molecule has 2 aliphatic rings. The van der Waals surface area contributed by atoms with E-state index < -0.39 is 9.84 Å². The molecule has 4 heteroatoms. The molecule has 2 bridgehead atoms. The summed E-state index contributed by atoms with van der Waals surface area (Å²) >= 11 is 0. The van der Waals surface area contributed by atoms with Crippen molar-refractivity contribution >= 4 is 9.84 Å². The van der Waals surface area contributed by atoms with Crippen molar-refractivity contribution in [3.05, 3.63) is 0 Å². The van der Waals surface area contributed by atoms with E-state index in [2.05, 4.69) is 5.32 Å². The lowest BCUT2D eigenvalue weighted by Gasteiger charge is -2.28. The van der Waals surface area contributed by atoms with Gasteiger partial charge in [-0.25, -0.2) is 8.42 Å². The highest BCUT2D eigenvalue weighted by Gasteiger charge is 2.38. The lowest BCUT2D eigenvalue weighted by Crippen LogP contribution is -2.43. The van der Waals surface area contributed by atoms with E-state index in [1.165, 1.54) is 12.8 Å². The molecule has 0 unspecified atom stereocenters. The molecule has 2 rings (SSSR count). The summed E-state index contributed by atoms with van der Waals surface area (Å²) in [5, 5.41) is 3.39. The molecule has 1 N–H and O–H groups in total. The molecular weight excluding hydrogens is 186 g/mol. The standard InChI is InChI=1S/C9H17NO2S/c1-2-13(11,12)9-5-7-3-4-8(6-9)10-7/h7-10H,2-6H2,1H3/t7-,8-/m0/s1. The Balaban J connectivity index is 2.11. The number of nitrogens with one attached hydrogen (secondary N) is 1. The fraction of sp³-hybridized carbons (Fsp3) is 1.00. The Morgan fingerprint density at radius 3 is 2.23 bits per heavy atom. The van der Waals surface area contributed by atoms with Gasteiger partial charge < -0.3 is 5.32 Å². The molecule has 2 atom stereocenters. The third-order valence-electron chi connectivity index (χ3n) is 3.34. The maximum Gasteiger partial charge on any atom is 0.153 e. The van der Waals surface area contributed by atoms with Crippen LogP contribution in [0.25, 0.3) is 0 Å². The van der Waals surface area contributed by atoms with Crippen LogP contribution in [0.1, 0.15) is 32.6 Å². The second-order valence-electron chi connectivity index (χ2n) is 4.18. The predicted octanol–water partition coefficient (Wildman–Crippen LogP) is 0.704. The van der Waals surface area contributed by atoms with Gasteiger partial charge in [0, 0.05) is 17.8 Å². The Kier molecular flexibility index (Phi) is 2.36. The van der Waals surface area contributed by atoms with E-state index in [-0.39, 0.29) is 5.25 Å². The Morgan fingerprint density at radius 1 is 1.23 bits per heavy atom. The third-order valence-corrected chi connectivity index (χ3v) is 5.55. The van der Waals surface area contributed by atoms with E-state index in [1.807, 2.05) is 0 Å². The van der Waals surface area contributed by atoms with Crippen LogP contribution < -0.4 is 5.32 Å². The van der Waals surface area contributed by atoms with Gasteiger partial charge in [0.2, 0.25) is 0 Å². The molecule has 2 aliphatic heterocycles. The first-order chi connectivity index (χ1) is 6.12. The van der Waals surface area contributed by atoms with Gasteiger partial charge in [0.25, 0.3) is 0 Å². The number of fused-ring (bicyclic) bond motifs is 2. The first kappa shape index (κ1) is 9.46. The van der Waals surface area contributed by atoms with Crippen molar-refractivity contribution in [2.45, 2.75) is 49.9 Å². The molecule has 0 aliphatic carbocycles. The van der Waals surface area contributed by atoms with Crippen LogP contribution in [-0.2, 0) is 9.84 Å². The minimum absolute atomic E-state index is 0.0590. The van der Waals surface area contributed by atoms with Gasteiger partial charge in [0.1, 0.15) is 0 Å². The van der Waals surface area contributed by atoms with E-state index in [1.54, 1.807) is 6.92 Å². The molecule has 0 aromatic rings. The number of rotatable bonds is 2. The van der Waals surface area contributed by atoms with Crippen LogP contribution in [-0.4, -0.2) is 31.5 Å². The summed E-state index contributed by atoms with van der Waals surface area (Å²) in [4.78, 5) is 0. The second kappa shape index (κ2) is 3.24. The fourth-order valence-electron chi connectivity index (χ4n) is 2.53. The average molecular weight is 203 g/mol. The maximum absolute atomic E-state index is 11.6. The van der Waals surface area contributed by atoms with Crippen molar-refractivity contribution in [1.82, 2.24) is 5.32 Å². The zero-order valence-electron chi connectivity index (χ0n) is 7.99. The van der Waals surface area contributed by atoms with E-state index in [0.717, 1.165) is 12.8 Å².